The van der Waals surface area contributed by atoms with Gasteiger partial charge in [-0.3, -0.25) is 9.79 Å². The number of halogens is 7. The quantitative estimate of drug-likeness (QED) is 0.312. The molecule has 0 unspecified atom stereocenters. The molecular weight excluding hydrogens is 608 g/mol. The molecule has 1 aliphatic heterocycles. The summed E-state index contributed by atoms with van der Waals surface area (Å²) in [5.41, 5.74) is -2.08. The Morgan fingerprint density at radius 3 is 2.26 bits per heavy atom. The van der Waals surface area contributed by atoms with E-state index in [4.69, 9.17) is 11.6 Å². The number of ketones is 1. The molecule has 0 aromatic heterocycles. The molecule has 1 N–H and O–H groups in total. The van der Waals surface area contributed by atoms with Crippen molar-refractivity contribution in [1.82, 2.24) is 9.62 Å². The molecule has 3 fully saturated rings. The molecule has 14 heteroatoms. The zero-order chi connectivity index (χ0) is 30.9. The summed E-state index contributed by atoms with van der Waals surface area (Å²) in [5.74, 6) is -6.11. The summed E-state index contributed by atoms with van der Waals surface area (Å²) in [6.45, 7) is 3.09. The average Bonchev–Trinajstić information content (AvgIpc) is 3.17. The van der Waals surface area contributed by atoms with E-state index in [1.54, 1.807) is 38.1 Å². The van der Waals surface area contributed by atoms with E-state index in [-0.39, 0.29) is 16.5 Å². The number of alkyl halides is 5. The second kappa shape index (κ2) is 9.95. The minimum absolute atomic E-state index is 0.0667. The molecule has 6 nitrogen and oxygen atoms in total. The SMILES string of the molecule is CC1(C)NC(C23CC(N(Cc4ccc(Cl)c(F)c4)S(=O)(=O)c4ccccc4)(C2)C3)=N[C@H]1C(=O)CCC(F)(F)C(F)(F)F. The summed E-state index contributed by atoms with van der Waals surface area (Å²) in [5, 5.41) is 3.05. The molecule has 42 heavy (non-hydrogen) atoms. The van der Waals surface area contributed by atoms with Crippen LogP contribution in [0.3, 0.4) is 0 Å². The van der Waals surface area contributed by atoms with Crippen LogP contribution in [0.15, 0.2) is 58.4 Å². The van der Waals surface area contributed by atoms with E-state index in [1.807, 2.05) is 0 Å². The molecule has 6 rings (SSSR count). The first kappa shape index (κ1) is 30.8. The number of nitrogens with zero attached hydrogens (tertiary/aromatic N) is 2. The maximum absolute atomic E-state index is 14.2. The van der Waals surface area contributed by atoms with Gasteiger partial charge in [-0.05, 0) is 62.9 Å². The highest BCUT2D eigenvalue weighted by Crippen LogP contribution is 2.71. The number of rotatable bonds is 10. The van der Waals surface area contributed by atoms with Gasteiger partial charge in [0.2, 0.25) is 10.0 Å². The molecule has 4 aliphatic rings. The second-order valence-corrected chi connectivity index (χ2v) is 14.3. The van der Waals surface area contributed by atoms with Crippen molar-refractivity contribution in [2.24, 2.45) is 10.4 Å². The molecule has 1 heterocycles. The van der Waals surface area contributed by atoms with Gasteiger partial charge in [-0.1, -0.05) is 35.9 Å². The van der Waals surface area contributed by atoms with Crippen LogP contribution >= 0.6 is 11.6 Å². The first-order chi connectivity index (χ1) is 19.3. The molecule has 0 radical (unpaired) electrons. The Bertz CT molecular complexity index is 1530. The molecule has 2 aromatic rings. The second-order valence-electron chi connectivity index (χ2n) is 12.0. The third-order valence-electron chi connectivity index (χ3n) is 8.46. The van der Waals surface area contributed by atoms with E-state index in [9.17, 15) is 39.6 Å². The minimum Gasteiger partial charge on any atom is -0.366 e. The Morgan fingerprint density at radius 1 is 1.07 bits per heavy atom. The predicted octanol–water partition coefficient (Wildman–Crippen LogP) is 6.29. The van der Waals surface area contributed by atoms with Crippen LogP contribution in [0.25, 0.3) is 0 Å². The summed E-state index contributed by atoms with van der Waals surface area (Å²) < 4.78 is 108. The van der Waals surface area contributed by atoms with E-state index in [2.05, 4.69) is 10.3 Å². The lowest BCUT2D eigenvalue weighted by Crippen LogP contribution is -2.78. The number of benzene rings is 2. The molecule has 2 bridgehead atoms. The first-order valence-electron chi connectivity index (χ1n) is 13.2. The Labute approximate surface area is 244 Å². The number of nitrogens with one attached hydrogen (secondary N) is 1. The van der Waals surface area contributed by atoms with Crippen LogP contribution in [0.5, 0.6) is 0 Å². The molecule has 0 amide bonds. The molecule has 2 aromatic carbocycles. The third-order valence-corrected chi connectivity index (χ3v) is 10.7. The lowest BCUT2D eigenvalue weighted by atomic mass is 9.38. The van der Waals surface area contributed by atoms with Crippen LogP contribution in [0.2, 0.25) is 5.02 Å². The van der Waals surface area contributed by atoms with Gasteiger partial charge in [0.1, 0.15) is 17.7 Å². The molecular formula is C28H28ClF6N3O3S. The van der Waals surface area contributed by atoms with Crippen molar-refractivity contribution in [1.29, 1.82) is 0 Å². The number of amidine groups is 1. The van der Waals surface area contributed by atoms with E-state index in [1.165, 1.54) is 28.6 Å². The molecule has 1 atom stereocenters. The summed E-state index contributed by atoms with van der Waals surface area (Å²) >= 11 is 5.81. The van der Waals surface area contributed by atoms with Crippen molar-refractivity contribution in [3.63, 3.8) is 0 Å². The van der Waals surface area contributed by atoms with Gasteiger partial charge >= 0.3 is 12.1 Å². The maximum atomic E-state index is 14.2. The van der Waals surface area contributed by atoms with E-state index >= 15 is 0 Å². The standard InChI is InChI=1S/C28H28ClF6N3O3S/c1-24(2)22(21(39)10-11-27(31,32)28(33,34)35)36-23(37-24)25-14-26(15-25,16-25)38(13-17-8-9-19(29)20(30)12-17)42(40,41)18-6-4-3-5-7-18/h3-9,12,22H,10-11,13-16H2,1-2H3,(H,36,37)/t22-,25?,26?/m0/s1. The van der Waals surface area contributed by atoms with Gasteiger partial charge in [0, 0.05) is 30.3 Å². The van der Waals surface area contributed by atoms with Gasteiger partial charge in [-0.15, -0.1) is 0 Å². The van der Waals surface area contributed by atoms with Crippen molar-refractivity contribution < 1.29 is 39.6 Å². The highest BCUT2D eigenvalue weighted by molar-refractivity contribution is 7.89. The van der Waals surface area contributed by atoms with Gasteiger partial charge in [0.15, 0.2) is 5.78 Å². The number of sulfonamides is 1. The first-order valence-corrected chi connectivity index (χ1v) is 15.0. The van der Waals surface area contributed by atoms with Crippen LogP contribution in [0.4, 0.5) is 26.3 Å². The fourth-order valence-corrected chi connectivity index (χ4v) is 8.18. The van der Waals surface area contributed by atoms with Gasteiger partial charge in [-0.2, -0.15) is 26.3 Å². The van der Waals surface area contributed by atoms with Crippen molar-refractivity contribution in [3.05, 3.63) is 64.9 Å². The Morgan fingerprint density at radius 2 is 1.69 bits per heavy atom. The van der Waals surface area contributed by atoms with Gasteiger partial charge < -0.3 is 5.32 Å². The fraction of sp³-hybridized carbons (Fsp3) is 0.500. The number of hydrogen-bond donors (Lipinski definition) is 1. The minimum atomic E-state index is -5.75. The Balaban J connectivity index is 1.37. The Kier molecular flexibility index (Phi) is 7.30. The van der Waals surface area contributed by atoms with Crippen molar-refractivity contribution in [2.75, 3.05) is 0 Å². The number of Topliss-reactive ketones (excluding diaryl/α,β-unsaturated/α-hetero) is 1. The zero-order valence-electron chi connectivity index (χ0n) is 22.6. The van der Waals surface area contributed by atoms with Crippen LogP contribution in [-0.4, -0.2) is 53.6 Å². The lowest BCUT2D eigenvalue weighted by molar-refractivity contribution is -0.284. The van der Waals surface area contributed by atoms with E-state index in [0.717, 1.165) is 0 Å². The molecule has 3 aliphatic carbocycles. The van der Waals surface area contributed by atoms with Crippen LogP contribution in [-0.2, 0) is 21.4 Å². The van der Waals surface area contributed by atoms with Gasteiger partial charge in [0.25, 0.3) is 0 Å². The van der Waals surface area contributed by atoms with E-state index in [0.29, 0.717) is 30.7 Å². The monoisotopic (exact) mass is 635 g/mol. The largest absolute Gasteiger partial charge is 0.453 e. The highest BCUT2D eigenvalue weighted by atomic mass is 35.5. The average molecular weight is 636 g/mol. The van der Waals surface area contributed by atoms with Gasteiger partial charge in [-0.25, -0.2) is 12.8 Å². The summed E-state index contributed by atoms with van der Waals surface area (Å²) in [7, 11) is -4.03. The number of hydrogen-bond acceptors (Lipinski definition) is 5. The predicted molar refractivity (Wildman–Crippen MR) is 143 cm³/mol. The van der Waals surface area contributed by atoms with Gasteiger partial charge in [0.05, 0.1) is 15.5 Å². The molecule has 0 saturated heterocycles. The van der Waals surface area contributed by atoms with Crippen molar-refractivity contribution >= 4 is 33.2 Å². The third kappa shape index (κ3) is 5.11. The topological polar surface area (TPSA) is 78.8 Å². The summed E-state index contributed by atoms with van der Waals surface area (Å²) in [4.78, 5) is 17.3. The van der Waals surface area contributed by atoms with Crippen molar-refractivity contribution in [3.8, 4) is 0 Å². The summed E-state index contributed by atoms with van der Waals surface area (Å²) in [6, 6.07) is 10.7. The molecule has 228 valence electrons. The highest BCUT2D eigenvalue weighted by Gasteiger charge is 2.75. The van der Waals surface area contributed by atoms with Crippen LogP contribution in [0.1, 0.15) is 51.5 Å². The number of carbonyl (C=O) groups excluding carboxylic acids is 1. The van der Waals surface area contributed by atoms with Crippen LogP contribution < -0.4 is 5.32 Å². The normalized spacial score (nSPS) is 26.7. The summed E-state index contributed by atoms with van der Waals surface area (Å²) in [6.07, 6.45) is -7.43. The fourth-order valence-electron chi connectivity index (χ4n) is 6.28. The van der Waals surface area contributed by atoms with Crippen LogP contribution in [0, 0.1) is 11.2 Å². The number of carbonyl (C=O) groups is 1. The zero-order valence-corrected chi connectivity index (χ0v) is 24.2. The molecule has 3 saturated carbocycles. The number of aliphatic imine (C=N–C) groups is 1. The molecule has 0 spiro atoms. The van der Waals surface area contributed by atoms with E-state index < -0.39 is 69.1 Å². The Hall–Kier alpha value is -2.64. The lowest BCUT2D eigenvalue weighted by Gasteiger charge is -2.73. The maximum Gasteiger partial charge on any atom is 0.453 e. The smallest absolute Gasteiger partial charge is 0.366 e. The van der Waals surface area contributed by atoms with Crippen molar-refractivity contribution in [2.45, 2.75) is 86.6 Å².